The Bertz CT molecular complexity index is 613. The van der Waals surface area contributed by atoms with E-state index in [-0.39, 0.29) is 0 Å². The van der Waals surface area contributed by atoms with Crippen LogP contribution in [0, 0.1) is 5.92 Å². The summed E-state index contributed by atoms with van der Waals surface area (Å²) in [5.41, 5.74) is 0. The minimum atomic E-state index is 0.754. The van der Waals surface area contributed by atoms with Crippen LogP contribution in [0.2, 0.25) is 0 Å². The van der Waals surface area contributed by atoms with E-state index in [2.05, 4.69) is 64.2 Å². The Labute approximate surface area is 135 Å². The van der Waals surface area contributed by atoms with Gasteiger partial charge in [-0.3, -0.25) is 4.90 Å². The number of halogens is 1. The molecule has 0 radical (unpaired) electrons. The highest BCUT2D eigenvalue weighted by molar-refractivity contribution is 9.10. The van der Waals surface area contributed by atoms with Gasteiger partial charge in [-0.25, -0.2) is 0 Å². The molecule has 0 amide bonds. The van der Waals surface area contributed by atoms with E-state index in [0.717, 1.165) is 29.3 Å². The highest BCUT2D eigenvalue weighted by Gasteiger charge is 2.16. The highest BCUT2D eigenvalue weighted by atomic mass is 79.9. The first-order chi connectivity index (χ1) is 10.2. The number of benzene rings is 2. The third kappa shape index (κ3) is 3.58. The zero-order valence-corrected chi connectivity index (χ0v) is 14.1. The molecular formula is C18H22BrNO. The van der Waals surface area contributed by atoms with Crippen molar-refractivity contribution in [3.8, 4) is 5.75 Å². The van der Waals surface area contributed by atoms with E-state index < -0.39 is 0 Å². The van der Waals surface area contributed by atoms with Crippen LogP contribution < -0.4 is 4.74 Å². The van der Waals surface area contributed by atoms with Gasteiger partial charge in [-0.1, -0.05) is 37.3 Å². The molecule has 0 aliphatic carbocycles. The van der Waals surface area contributed by atoms with Crippen molar-refractivity contribution in [2.45, 2.75) is 19.8 Å². The maximum Gasteiger partial charge on any atom is 0.134 e. The molecule has 1 unspecified atom stereocenters. The van der Waals surface area contributed by atoms with Crippen molar-refractivity contribution >= 4 is 26.7 Å². The molecule has 3 heteroatoms. The van der Waals surface area contributed by atoms with E-state index in [0.29, 0.717) is 0 Å². The molecule has 0 N–H and O–H groups in total. The van der Waals surface area contributed by atoms with Crippen LogP contribution in [0.15, 0.2) is 40.9 Å². The molecule has 2 aromatic rings. The van der Waals surface area contributed by atoms with Gasteiger partial charge in [-0.05, 0) is 58.1 Å². The number of nitrogens with zero attached hydrogens (tertiary/aromatic N) is 1. The van der Waals surface area contributed by atoms with Crippen molar-refractivity contribution in [1.82, 2.24) is 4.90 Å². The van der Waals surface area contributed by atoms with Gasteiger partial charge in [-0.15, -0.1) is 0 Å². The van der Waals surface area contributed by atoms with Crippen LogP contribution in [0.1, 0.15) is 19.8 Å². The van der Waals surface area contributed by atoms with E-state index in [1.165, 1.54) is 36.7 Å². The fraction of sp³-hybridized carbons (Fsp3) is 0.444. The van der Waals surface area contributed by atoms with Crippen molar-refractivity contribution in [2.24, 2.45) is 5.92 Å². The Morgan fingerprint density at radius 2 is 2.10 bits per heavy atom. The van der Waals surface area contributed by atoms with Gasteiger partial charge < -0.3 is 4.74 Å². The van der Waals surface area contributed by atoms with Crippen LogP contribution >= 0.6 is 15.9 Å². The second kappa shape index (κ2) is 6.80. The molecule has 0 bridgehead atoms. The first kappa shape index (κ1) is 14.9. The quantitative estimate of drug-likeness (QED) is 0.793. The molecule has 21 heavy (non-hydrogen) atoms. The van der Waals surface area contributed by atoms with Gasteiger partial charge in [0.15, 0.2) is 0 Å². The molecule has 3 rings (SSSR count). The summed E-state index contributed by atoms with van der Waals surface area (Å²) in [4.78, 5) is 2.52. The Morgan fingerprint density at radius 1 is 1.24 bits per heavy atom. The smallest absolute Gasteiger partial charge is 0.134 e. The number of likely N-dealkylation sites (tertiary alicyclic amines) is 1. The third-order valence-electron chi connectivity index (χ3n) is 4.23. The molecule has 1 aliphatic rings. The Hall–Kier alpha value is -1.06. The first-order valence-corrected chi connectivity index (χ1v) is 8.56. The molecule has 1 atom stereocenters. The number of rotatable bonds is 4. The summed E-state index contributed by atoms with van der Waals surface area (Å²) in [6, 6.07) is 12.6. The summed E-state index contributed by atoms with van der Waals surface area (Å²) in [6.45, 7) is 6.54. The molecule has 2 nitrogen and oxygen atoms in total. The van der Waals surface area contributed by atoms with Crippen molar-refractivity contribution in [3.05, 3.63) is 40.9 Å². The third-order valence-corrected chi connectivity index (χ3v) is 5.05. The van der Waals surface area contributed by atoms with Gasteiger partial charge in [-0.2, -0.15) is 0 Å². The molecule has 2 aromatic carbocycles. The lowest BCUT2D eigenvalue weighted by Crippen LogP contribution is -2.37. The van der Waals surface area contributed by atoms with Gasteiger partial charge in [0.2, 0.25) is 0 Å². The lowest BCUT2D eigenvalue weighted by Gasteiger charge is -2.30. The lowest BCUT2D eigenvalue weighted by atomic mass is 10.0. The summed E-state index contributed by atoms with van der Waals surface area (Å²) in [5, 5.41) is 2.45. The number of piperidine rings is 1. The summed E-state index contributed by atoms with van der Waals surface area (Å²) in [5.74, 6) is 1.77. The molecule has 1 aliphatic heterocycles. The van der Waals surface area contributed by atoms with E-state index in [1.807, 2.05) is 0 Å². The molecule has 1 saturated heterocycles. The van der Waals surface area contributed by atoms with Gasteiger partial charge in [0.25, 0.3) is 0 Å². The van der Waals surface area contributed by atoms with Gasteiger partial charge in [0, 0.05) is 13.1 Å². The molecule has 0 aromatic heterocycles. The van der Waals surface area contributed by atoms with E-state index >= 15 is 0 Å². The Balaban J connectivity index is 1.61. The lowest BCUT2D eigenvalue weighted by molar-refractivity contribution is 0.153. The largest absolute Gasteiger partial charge is 0.491 e. The number of hydrogen-bond acceptors (Lipinski definition) is 2. The van der Waals surface area contributed by atoms with Gasteiger partial charge in [0.05, 0.1) is 4.47 Å². The van der Waals surface area contributed by atoms with Crippen molar-refractivity contribution in [3.63, 3.8) is 0 Å². The average molecular weight is 348 g/mol. The van der Waals surface area contributed by atoms with E-state index in [4.69, 9.17) is 4.74 Å². The summed E-state index contributed by atoms with van der Waals surface area (Å²) >= 11 is 3.68. The number of hydrogen-bond donors (Lipinski definition) is 0. The SMILES string of the molecule is CC1CCCN(CCOc2ccc3ccccc3c2Br)C1. The number of fused-ring (bicyclic) bond motifs is 1. The average Bonchev–Trinajstić information content (AvgIpc) is 2.50. The Kier molecular flexibility index (Phi) is 4.81. The van der Waals surface area contributed by atoms with Gasteiger partial charge in [0.1, 0.15) is 12.4 Å². The second-order valence-corrected chi connectivity index (χ2v) is 6.79. The van der Waals surface area contributed by atoms with Crippen LogP contribution in [-0.2, 0) is 0 Å². The monoisotopic (exact) mass is 347 g/mol. The Morgan fingerprint density at radius 3 is 2.95 bits per heavy atom. The highest BCUT2D eigenvalue weighted by Crippen LogP contribution is 2.33. The van der Waals surface area contributed by atoms with Gasteiger partial charge >= 0.3 is 0 Å². The molecule has 1 heterocycles. The van der Waals surface area contributed by atoms with Crippen molar-refractivity contribution in [2.75, 3.05) is 26.2 Å². The van der Waals surface area contributed by atoms with Crippen molar-refractivity contribution in [1.29, 1.82) is 0 Å². The zero-order valence-electron chi connectivity index (χ0n) is 12.5. The standard InChI is InChI=1S/C18H22BrNO/c1-14-5-4-10-20(13-14)11-12-21-17-9-8-15-6-2-3-7-16(15)18(17)19/h2-3,6-9,14H,4-5,10-13H2,1H3. The van der Waals surface area contributed by atoms with Crippen LogP contribution in [-0.4, -0.2) is 31.1 Å². The molecule has 112 valence electrons. The maximum atomic E-state index is 5.99. The molecular weight excluding hydrogens is 326 g/mol. The van der Waals surface area contributed by atoms with Crippen LogP contribution in [0.4, 0.5) is 0 Å². The summed E-state index contributed by atoms with van der Waals surface area (Å²) < 4.78 is 7.06. The zero-order chi connectivity index (χ0) is 14.7. The van der Waals surface area contributed by atoms with Crippen LogP contribution in [0.5, 0.6) is 5.75 Å². The predicted octanol–water partition coefficient (Wildman–Crippen LogP) is 4.71. The summed E-state index contributed by atoms with van der Waals surface area (Å²) in [6.07, 6.45) is 2.69. The first-order valence-electron chi connectivity index (χ1n) is 7.76. The maximum absolute atomic E-state index is 5.99. The number of ether oxygens (including phenoxy) is 1. The minimum Gasteiger partial charge on any atom is -0.491 e. The molecule has 1 fully saturated rings. The topological polar surface area (TPSA) is 12.5 Å². The molecule has 0 saturated carbocycles. The fourth-order valence-electron chi connectivity index (χ4n) is 3.10. The fourth-order valence-corrected chi connectivity index (χ4v) is 3.71. The van der Waals surface area contributed by atoms with Crippen LogP contribution in [0.25, 0.3) is 10.8 Å². The summed E-state index contributed by atoms with van der Waals surface area (Å²) in [7, 11) is 0. The van der Waals surface area contributed by atoms with Crippen molar-refractivity contribution < 1.29 is 4.74 Å². The van der Waals surface area contributed by atoms with E-state index in [1.54, 1.807) is 0 Å². The molecule has 0 spiro atoms. The normalized spacial score (nSPS) is 19.8. The second-order valence-electron chi connectivity index (χ2n) is 6.00. The minimum absolute atomic E-state index is 0.754. The van der Waals surface area contributed by atoms with Crippen LogP contribution in [0.3, 0.4) is 0 Å². The predicted molar refractivity (Wildman–Crippen MR) is 92.0 cm³/mol. The van der Waals surface area contributed by atoms with E-state index in [9.17, 15) is 0 Å².